The standard InChI is InChI=1S/C45H27N2OP/c48-49(30-16-5-2-6-17-30)40-25-11-23-38-43(40)47(45(46-38)29-12-3-1-4-13-29)39-24-10-22-37(44(39)49)31-26-27-36-34-19-8-15-28-14-7-18-33(41(28)34)35-21-9-20-32(31)42(35)36/h1-27H. The maximum atomic E-state index is 16.4. The fourth-order valence-electron chi connectivity index (χ4n) is 8.55. The molecule has 9 aromatic carbocycles. The molecule has 1 aliphatic heterocycles. The third-order valence-corrected chi connectivity index (χ3v) is 13.7. The molecule has 0 saturated heterocycles. The maximum Gasteiger partial charge on any atom is 0.175 e. The molecule has 11 rings (SSSR count). The molecular weight excluding hydrogens is 615 g/mol. The van der Waals surface area contributed by atoms with Crippen LogP contribution in [0.25, 0.3) is 82.3 Å². The summed E-state index contributed by atoms with van der Waals surface area (Å²) in [5, 5.41) is 12.5. The number of imidazole rings is 1. The van der Waals surface area contributed by atoms with E-state index in [1.54, 1.807) is 0 Å². The van der Waals surface area contributed by atoms with E-state index in [1.165, 1.54) is 37.7 Å². The van der Waals surface area contributed by atoms with Gasteiger partial charge in [0.25, 0.3) is 0 Å². The van der Waals surface area contributed by atoms with Crippen LogP contribution in [0.15, 0.2) is 164 Å². The summed E-state index contributed by atoms with van der Waals surface area (Å²) in [6.07, 6.45) is 0. The molecule has 2 heterocycles. The lowest BCUT2D eigenvalue weighted by Crippen LogP contribution is -2.34. The lowest BCUT2D eigenvalue weighted by atomic mass is 9.87. The van der Waals surface area contributed by atoms with Crippen LogP contribution in [-0.4, -0.2) is 9.55 Å². The molecule has 49 heavy (non-hydrogen) atoms. The minimum Gasteiger partial charge on any atom is -0.308 e. The minimum atomic E-state index is -3.39. The largest absolute Gasteiger partial charge is 0.308 e. The van der Waals surface area contributed by atoms with Crippen LogP contribution in [0.5, 0.6) is 0 Å². The van der Waals surface area contributed by atoms with Gasteiger partial charge in [-0.2, -0.15) is 0 Å². The molecule has 1 atom stereocenters. The number of hydrogen-bond donors (Lipinski definition) is 0. The summed E-state index contributed by atoms with van der Waals surface area (Å²) in [4.78, 5) is 5.19. The molecule has 0 fully saturated rings. The van der Waals surface area contributed by atoms with Crippen LogP contribution in [0.3, 0.4) is 0 Å². The van der Waals surface area contributed by atoms with Gasteiger partial charge in [-0.3, -0.25) is 4.57 Å². The highest BCUT2D eigenvalue weighted by atomic mass is 31.2. The molecule has 1 aliphatic rings. The lowest BCUT2D eigenvalue weighted by molar-refractivity contribution is 0.592. The Morgan fingerprint density at radius 2 is 1.12 bits per heavy atom. The fourth-order valence-corrected chi connectivity index (χ4v) is 11.8. The molecule has 0 N–H and O–H groups in total. The summed E-state index contributed by atoms with van der Waals surface area (Å²) in [6, 6.07) is 57.3. The Bertz CT molecular complexity index is 2970. The van der Waals surface area contributed by atoms with E-state index < -0.39 is 7.14 Å². The Kier molecular flexibility index (Phi) is 5.38. The van der Waals surface area contributed by atoms with Crippen molar-refractivity contribution < 1.29 is 4.57 Å². The van der Waals surface area contributed by atoms with E-state index in [1.807, 2.05) is 60.7 Å². The molecule has 0 radical (unpaired) electrons. The van der Waals surface area contributed by atoms with Crippen molar-refractivity contribution in [3.63, 3.8) is 0 Å². The Morgan fingerprint density at radius 3 is 1.90 bits per heavy atom. The van der Waals surface area contributed by atoms with Crippen molar-refractivity contribution in [3.05, 3.63) is 164 Å². The van der Waals surface area contributed by atoms with Crippen molar-refractivity contribution in [2.45, 2.75) is 0 Å². The van der Waals surface area contributed by atoms with Crippen LogP contribution in [0.1, 0.15) is 0 Å². The van der Waals surface area contributed by atoms with Crippen LogP contribution < -0.4 is 15.9 Å². The third kappa shape index (κ3) is 3.47. The maximum absolute atomic E-state index is 16.4. The molecule has 3 nitrogen and oxygen atoms in total. The summed E-state index contributed by atoms with van der Waals surface area (Å²) >= 11 is 0. The molecular formula is C45H27N2OP. The highest BCUT2D eigenvalue weighted by Crippen LogP contribution is 2.53. The first kappa shape index (κ1) is 27.0. The predicted octanol–water partition coefficient (Wildman–Crippen LogP) is 10.4. The monoisotopic (exact) mass is 642 g/mol. The van der Waals surface area contributed by atoms with Gasteiger partial charge in [0, 0.05) is 16.2 Å². The van der Waals surface area contributed by atoms with Crippen LogP contribution >= 0.6 is 7.14 Å². The van der Waals surface area contributed by atoms with Crippen molar-refractivity contribution in [2.75, 3.05) is 0 Å². The van der Waals surface area contributed by atoms with Gasteiger partial charge in [-0.25, -0.2) is 4.98 Å². The smallest absolute Gasteiger partial charge is 0.175 e. The van der Waals surface area contributed by atoms with Gasteiger partial charge >= 0.3 is 0 Å². The number of hydrogen-bond acceptors (Lipinski definition) is 2. The average molecular weight is 643 g/mol. The molecule has 228 valence electrons. The average Bonchev–Trinajstić information content (AvgIpc) is 3.57. The Morgan fingerprint density at radius 1 is 0.490 bits per heavy atom. The van der Waals surface area contributed by atoms with E-state index in [0.717, 1.165) is 60.5 Å². The van der Waals surface area contributed by atoms with Gasteiger partial charge in [-0.15, -0.1) is 0 Å². The van der Waals surface area contributed by atoms with Crippen molar-refractivity contribution in [1.29, 1.82) is 0 Å². The van der Waals surface area contributed by atoms with E-state index in [4.69, 9.17) is 4.98 Å². The lowest BCUT2D eigenvalue weighted by Gasteiger charge is -2.31. The second-order valence-electron chi connectivity index (χ2n) is 13.0. The Labute approximate surface area is 282 Å². The van der Waals surface area contributed by atoms with Crippen molar-refractivity contribution >= 4 is 77.2 Å². The highest BCUT2D eigenvalue weighted by Gasteiger charge is 2.42. The first-order valence-electron chi connectivity index (χ1n) is 16.7. The first-order valence-corrected chi connectivity index (χ1v) is 18.4. The van der Waals surface area contributed by atoms with E-state index in [-0.39, 0.29) is 0 Å². The van der Waals surface area contributed by atoms with E-state index >= 15 is 4.57 Å². The normalized spacial score (nSPS) is 15.5. The molecule has 1 unspecified atom stereocenters. The number of benzene rings is 9. The number of rotatable bonds is 3. The van der Waals surface area contributed by atoms with E-state index in [2.05, 4.69) is 108 Å². The molecule has 10 aromatic rings. The molecule has 1 aromatic heterocycles. The first-order chi connectivity index (χ1) is 24.2. The topological polar surface area (TPSA) is 34.9 Å². The van der Waals surface area contributed by atoms with Gasteiger partial charge in [-0.05, 0) is 72.4 Å². The highest BCUT2D eigenvalue weighted by molar-refractivity contribution is 7.86. The summed E-state index contributed by atoms with van der Waals surface area (Å²) < 4.78 is 18.6. The summed E-state index contributed by atoms with van der Waals surface area (Å²) in [7, 11) is -3.39. The number of nitrogens with zero attached hydrogens (tertiary/aromatic N) is 2. The zero-order valence-electron chi connectivity index (χ0n) is 26.3. The number of fused-ring (bicyclic) bond motifs is 4. The molecule has 0 bridgehead atoms. The third-order valence-electron chi connectivity index (χ3n) is 10.5. The van der Waals surface area contributed by atoms with Crippen LogP contribution in [-0.2, 0) is 4.57 Å². The van der Waals surface area contributed by atoms with Gasteiger partial charge in [0.05, 0.1) is 22.0 Å². The predicted molar refractivity (Wildman–Crippen MR) is 206 cm³/mol. The number of aromatic nitrogens is 2. The number of para-hydroxylation sites is 1. The molecule has 0 aliphatic carbocycles. The van der Waals surface area contributed by atoms with Gasteiger partial charge in [-0.1, -0.05) is 146 Å². The van der Waals surface area contributed by atoms with Crippen LogP contribution in [0.4, 0.5) is 0 Å². The second-order valence-corrected chi connectivity index (χ2v) is 15.7. The van der Waals surface area contributed by atoms with Crippen LogP contribution in [0, 0.1) is 0 Å². The van der Waals surface area contributed by atoms with Gasteiger partial charge in [0.1, 0.15) is 5.82 Å². The van der Waals surface area contributed by atoms with Crippen molar-refractivity contribution in [1.82, 2.24) is 9.55 Å². The molecule has 0 saturated carbocycles. The Balaban J connectivity index is 1.31. The minimum absolute atomic E-state index is 0.827. The zero-order valence-corrected chi connectivity index (χ0v) is 27.2. The summed E-state index contributed by atoms with van der Waals surface area (Å²) in [5.41, 5.74) is 5.77. The van der Waals surface area contributed by atoms with Crippen molar-refractivity contribution in [2.24, 2.45) is 0 Å². The molecule has 0 spiro atoms. The van der Waals surface area contributed by atoms with Crippen molar-refractivity contribution in [3.8, 4) is 28.2 Å². The summed E-state index contributed by atoms with van der Waals surface area (Å²) in [6.45, 7) is 0. The second kappa shape index (κ2) is 9.76. The van der Waals surface area contributed by atoms with Crippen LogP contribution in [0.2, 0.25) is 0 Å². The van der Waals surface area contributed by atoms with E-state index in [0.29, 0.717) is 0 Å². The molecule has 4 heteroatoms. The van der Waals surface area contributed by atoms with Gasteiger partial charge in [0.15, 0.2) is 7.14 Å². The van der Waals surface area contributed by atoms with Gasteiger partial charge in [0.2, 0.25) is 0 Å². The van der Waals surface area contributed by atoms with E-state index in [9.17, 15) is 0 Å². The fraction of sp³-hybridized carbons (Fsp3) is 0. The SMILES string of the molecule is O=P1(c2ccccc2)c2c(-c3ccc4c5cccc6cccc(c7cccc3c74)c65)cccc2-n2c(-c3ccccc3)nc3cccc1c32. The molecule has 0 amide bonds. The summed E-state index contributed by atoms with van der Waals surface area (Å²) in [5.74, 6) is 0.849. The van der Waals surface area contributed by atoms with Gasteiger partial charge < -0.3 is 4.57 Å². The zero-order chi connectivity index (χ0) is 32.3. The Hall–Kier alpha value is -6.02. The quantitative estimate of drug-likeness (QED) is 0.109.